The number of pyridine rings is 1. The van der Waals surface area contributed by atoms with Gasteiger partial charge in [0.1, 0.15) is 5.69 Å². The van der Waals surface area contributed by atoms with Crippen molar-refractivity contribution in [1.82, 2.24) is 15.2 Å². The minimum absolute atomic E-state index is 0.00739. The van der Waals surface area contributed by atoms with E-state index in [4.69, 9.17) is 11.6 Å². The summed E-state index contributed by atoms with van der Waals surface area (Å²) in [6, 6.07) is 3.26. The van der Waals surface area contributed by atoms with Gasteiger partial charge in [0, 0.05) is 31.7 Å². The molecule has 1 N–H and O–H groups in total. The van der Waals surface area contributed by atoms with Crippen molar-refractivity contribution in [2.24, 2.45) is 5.92 Å². The summed E-state index contributed by atoms with van der Waals surface area (Å²) in [4.78, 5) is 30.3. The highest BCUT2D eigenvalue weighted by atomic mass is 35.5. The zero-order valence-corrected chi connectivity index (χ0v) is 14.5. The van der Waals surface area contributed by atoms with E-state index in [0.29, 0.717) is 36.0 Å². The molecule has 2 rings (SSSR count). The Bertz CT molecular complexity index is 545. The van der Waals surface area contributed by atoms with Crippen LogP contribution in [0.3, 0.4) is 0 Å². The maximum absolute atomic E-state index is 12.2. The molecule has 1 atom stereocenters. The SMILES string of the molecule is CC(C)CCN1CCC(NC(=O)c2ccc(Cl)cn2)CCC1=O. The predicted octanol–water partition coefficient (Wildman–Crippen LogP) is 2.89. The number of rotatable bonds is 5. The molecule has 0 aliphatic carbocycles. The number of hydrogen-bond donors (Lipinski definition) is 1. The topological polar surface area (TPSA) is 62.3 Å². The number of carbonyl (C=O) groups excluding carboxylic acids is 2. The van der Waals surface area contributed by atoms with E-state index >= 15 is 0 Å². The lowest BCUT2D eigenvalue weighted by molar-refractivity contribution is -0.130. The zero-order valence-electron chi connectivity index (χ0n) is 13.7. The number of carbonyl (C=O) groups is 2. The van der Waals surface area contributed by atoms with Gasteiger partial charge >= 0.3 is 0 Å². The molecule has 1 saturated heterocycles. The molecule has 1 aliphatic heterocycles. The highest BCUT2D eigenvalue weighted by Gasteiger charge is 2.24. The lowest BCUT2D eigenvalue weighted by atomic mass is 10.1. The number of likely N-dealkylation sites (tertiary alicyclic amines) is 1. The summed E-state index contributed by atoms with van der Waals surface area (Å²) in [5, 5.41) is 3.48. The molecular formula is C17H24ClN3O2. The lowest BCUT2D eigenvalue weighted by Gasteiger charge is -2.22. The van der Waals surface area contributed by atoms with Gasteiger partial charge in [0.15, 0.2) is 0 Å². The first kappa shape index (κ1) is 17.7. The van der Waals surface area contributed by atoms with Gasteiger partial charge in [-0.15, -0.1) is 0 Å². The summed E-state index contributed by atoms with van der Waals surface area (Å²) >= 11 is 5.78. The van der Waals surface area contributed by atoms with Crippen LogP contribution in [0.5, 0.6) is 0 Å². The van der Waals surface area contributed by atoms with Gasteiger partial charge in [0.25, 0.3) is 5.91 Å². The minimum Gasteiger partial charge on any atom is -0.348 e. The van der Waals surface area contributed by atoms with Crippen LogP contribution >= 0.6 is 11.6 Å². The smallest absolute Gasteiger partial charge is 0.270 e. The number of amides is 2. The lowest BCUT2D eigenvalue weighted by Crippen LogP contribution is -2.36. The Kier molecular flexibility index (Phi) is 6.39. The van der Waals surface area contributed by atoms with E-state index in [-0.39, 0.29) is 17.9 Å². The summed E-state index contributed by atoms with van der Waals surface area (Å²) < 4.78 is 0. The first-order valence-corrected chi connectivity index (χ1v) is 8.53. The predicted molar refractivity (Wildman–Crippen MR) is 90.4 cm³/mol. The molecule has 5 nitrogen and oxygen atoms in total. The number of nitrogens with one attached hydrogen (secondary N) is 1. The number of nitrogens with zero attached hydrogens (tertiary/aromatic N) is 2. The van der Waals surface area contributed by atoms with E-state index in [0.717, 1.165) is 19.4 Å². The van der Waals surface area contributed by atoms with Crippen molar-refractivity contribution >= 4 is 23.4 Å². The van der Waals surface area contributed by atoms with E-state index in [1.165, 1.54) is 6.20 Å². The zero-order chi connectivity index (χ0) is 16.8. The summed E-state index contributed by atoms with van der Waals surface area (Å²) in [5.74, 6) is 0.555. The van der Waals surface area contributed by atoms with Crippen LogP contribution in [-0.2, 0) is 4.79 Å². The van der Waals surface area contributed by atoms with Crippen molar-refractivity contribution in [3.8, 4) is 0 Å². The Morgan fingerprint density at radius 1 is 1.43 bits per heavy atom. The fourth-order valence-electron chi connectivity index (χ4n) is 2.60. The van der Waals surface area contributed by atoms with Gasteiger partial charge < -0.3 is 10.2 Å². The molecule has 0 bridgehead atoms. The van der Waals surface area contributed by atoms with E-state index in [2.05, 4.69) is 24.1 Å². The summed E-state index contributed by atoms with van der Waals surface area (Å²) in [6.07, 6.45) is 4.41. The second-order valence-corrected chi connectivity index (χ2v) is 6.86. The third kappa shape index (κ3) is 5.50. The number of halogens is 1. The Labute approximate surface area is 142 Å². The van der Waals surface area contributed by atoms with Crippen molar-refractivity contribution in [2.75, 3.05) is 13.1 Å². The van der Waals surface area contributed by atoms with Gasteiger partial charge in [-0.05, 0) is 37.3 Å². The Morgan fingerprint density at radius 2 is 2.22 bits per heavy atom. The molecule has 2 heterocycles. The molecule has 1 aliphatic rings. The molecule has 1 aromatic rings. The largest absolute Gasteiger partial charge is 0.348 e. The minimum atomic E-state index is -0.213. The first-order valence-electron chi connectivity index (χ1n) is 8.16. The molecule has 6 heteroatoms. The Balaban J connectivity index is 1.88. The van der Waals surface area contributed by atoms with Crippen molar-refractivity contribution < 1.29 is 9.59 Å². The maximum atomic E-state index is 12.2. The molecule has 126 valence electrons. The second-order valence-electron chi connectivity index (χ2n) is 6.42. The third-order valence-electron chi connectivity index (χ3n) is 4.08. The van der Waals surface area contributed by atoms with Crippen molar-refractivity contribution in [3.63, 3.8) is 0 Å². The quantitative estimate of drug-likeness (QED) is 0.898. The molecule has 2 amide bonds. The van der Waals surface area contributed by atoms with Crippen LogP contribution in [0.4, 0.5) is 0 Å². The molecule has 1 fully saturated rings. The average molecular weight is 338 g/mol. The summed E-state index contributed by atoms with van der Waals surface area (Å²) in [7, 11) is 0. The highest BCUT2D eigenvalue weighted by Crippen LogP contribution is 2.15. The van der Waals surface area contributed by atoms with Crippen LogP contribution in [0.2, 0.25) is 5.02 Å². The molecule has 0 spiro atoms. The standard InChI is InChI=1S/C17H24ClN3O2/c1-12(2)7-9-21-10-8-14(4-6-16(21)22)20-17(23)15-5-3-13(18)11-19-15/h3,5,11-12,14H,4,6-10H2,1-2H3,(H,20,23). The van der Waals surface area contributed by atoms with Gasteiger partial charge in [-0.2, -0.15) is 0 Å². The van der Waals surface area contributed by atoms with Crippen LogP contribution in [-0.4, -0.2) is 40.8 Å². The maximum Gasteiger partial charge on any atom is 0.270 e. The van der Waals surface area contributed by atoms with Crippen LogP contribution < -0.4 is 5.32 Å². The third-order valence-corrected chi connectivity index (χ3v) is 4.30. The van der Waals surface area contributed by atoms with Gasteiger partial charge in [-0.3, -0.25) is 9.59 Å². The molecule has 1 unspecified atom stereocenters. The number of hydrogen-bond acceptors (Lipinski definition) is 3. The van der Waals surface area contributed by atoms with E-state index in [1.807, 2.05) is 4.90 Å². The Hall–Kier alpha value is -1.62. The molecule has 0 saturated carbocycles. The monoisotopic (exact) mass is 337 g/mol. The van der Waals surface area contributed by atoms with Crippen LogP contribution in [0, 0.1) is 5.92 Å². The van der Waals surface area contributed by atoms with Crippen LogP contribution in [0.15, 0.2) is 18.3 Å². The van der Waals surface area contributed by atoms with Crippen molar-refractivity contribution in [3.05, 3.63) is 29.0 Å². The van der Waals surface area contributed by atoms with Gasteiger partial charge in [-0.1, -0.05) is 25.4 Å². The second kappa shape index (κ2) is 8.29. The molecule has 23 heavy (non-hydrogen) atoms. The normalized spacial score (nSPS) is 18.9. The van der Waals surface area contributed by atoms with Crippen molar-refractivity contribution in [2.45, 2.75) is 45.6 Å². The molecule has 0 aromatic carbocycles. The van der Waals surface area contributed by atoms with Crippen LogP contribution in [0.1, 0.15) is 50.0 Å². The average Bonchev–Trinajstić information content (AvgIpc) is 2.68. The number of aromatic nitrogens is 1. The van der Waals surface area contributed by atoms with E-state index in [1.54, 1.807) is 12.1 Å². The van der Waals surface area contributed by atoms with Gasteiger partial charge in [0.05, 0.1) is 5.02 Å². The summed E-state index contributed by atoms with van der Waals surface area (Å²) in [5.41, 5.74) is 0.349. The van der Waals surface area contributed by atoms with E-state index in [9.17, 15) is 9.59 Å². The highest BCUT2D eigenvalue weighted by molar-refractivity contribution is 6.30. The van der Waals surface area contributed by atoms with Gasteiger partial charge in [0.2, 0.25) is 5.91 Å². The Morgan fingerprint density at radius 3 is 2.87 bits per heavy atom. The van der Waals surface area contributed by atoms with E-state index < -0.39 is 0 Å². The first-order chi connectivity index (χ1) is 11.0. The molecule has 1 aromatic heterocycles. The van der Waals surface area contributed by atoms with Crippen LogP contribution in [0.25, 0.3) is 0 Å². The molecule has 0 radical (unpaired) electrons. The fourth-order valence-corrected chi connectivity index (χ4v) is 2.71. The summed E-state index contributed by atoms with van der Waals surface area (Å²) in [6.45, 7) is 5.81. The fraction of sp³-hybridized carbons (Fsp3) is 0.588. The van der Waals surface area contributed by atoms with Gasteiger partial charge in [-0.25, -0.2) is 4.98 Å². The molecular weight excluding hydrogens is 314 g/mol. The van der Waals surface area contributed by atoms with Crippen molar-refractivity contribution in [1.29, 1.82) is 0 Å².